The number of hydrogen-bond donors (Lipinski definition) is 1. The lowest BCUT2D eigenvalue weighted by atomic mass is 10.1. The Bertz CT molecular complexity index is 489. The number of likely N-dealkylation sites (N-methyl/N-ethyl adjacent to an activating group) is 1. The number of nitrogens with one attached hydrogen (secondary N) is 1. The minimum absolute atomic E-state index is 0.0809. The van der Waals surface area contributed by atoms with Crippen molar-refractivity contribution in [3.8, 4) is 0 Å². The van der Waals surface area contributed by atoms with E-state index in [-0.39, 0.29) is 11.7 Å². The summed E-state index contributed by atoms with van der Waals surface area (Å²) in [5.41, 5.74) is -1.53. The molecule has 5 nitrogen and oxygen atoms in total. The first kappa shape index (κ1) is 16.2. The molecule has 1 aromatic rings. The molecule has 20 heavy (non-hydrogen) atoms. The van der Waals surface area contributed by atoms with Crippen molar-refractivity contribution in [2.24, 2.45) is 0 Å². The van der Waals surface area contributed by atoms with Crippen LogP contribution in [0, 0.1) is 10.1 Å². The van der Waals surface area contributed by atoms with Crippen LogP contribution in [0.1, 0.15) is 12.5 Å². The summed E-state index contributed by atoms with van der Waals surface area (Å²) in [6, 6.07) is 2.33. The predicted molar refractivity (Wildman–Crippen MR) is 69.7 cm³/mol. The van der Waals surface area contributed by atoms with Crippen molar-refractivity contribution in [1.29, 1.82) is 0 Å². The van der Waals surface area contributed by atoms with Gasteiger partial charge in [0.05, 0.1) is 10.5 Å². The molecule has 0 fully saturated rings. The maximum absolute atomic E-state index is 12.5. The number of alkyl halides is 3. The van der Waals surface area contributed by atoms with Crippen LogP contribution < -0.4 is 5.32 Å². The average molecular weight is 291 g/mol. The van der Waals surface area contributed by atoms with Gasteiger partial charge in [0, 0.05) is 18.7 Å². The lowest BCUT2D eigenvalue weighted by Gasteiger charge is -2.19. The average Bonchev–Trinajstić information content (AvgIpc) is 2.26. The summed E-state index contributed by atoms with van der Waals surface area (Å²) in [5, 5.41) is 13.7. The Hall–Kier alpha value is -1.83. The van der Waals surface area contributed by atoms with Gasteiger partial charge in [0.1, 0.15) is 5.69 Å². The Morgan fingerprint density at radius 3 is 2.45 bits per heavy atom. The summed E-state index contributed by atoms with van der Waals surface area (Å²) in [7, 11) is 3.67. The third-order valence-electron chi connectivity index (χ3n) is 2.56. The van der Waals surface area contributed by atoms with Gasteiger partial charge in [-0.2, -0.15) is 13.2 Å². The monoisotopic (exact) mass is 291 g/mol. The molecule has 1 aromatic carbocycles. The highest BCUT2D eigenvalue weighted by Gasteiger charge is 2.33. The van der Waals surface area contributed by atoms with Gasteiger partial charge in [-0.3, -0.25) is 10.1 Å². The lowest BCUT2D eigenvalue weighted by Crippen LogP contribution is -2.29. The molecule has 0 saturated heterocycles. The maximum atomic E-state index is 12.5. The van der Waals surface area contributed by atoms with E-state index in [9.17, 15) is 23.3 Å². The number of benzene rings is 1. The molecule has 8 heteroatoms. The van der Waals surface area contributed by atoms with Gasteiger partial charge in [-0.15, -0.1) is 0 Å². The van der Waals surface area contributed by atoms with Gasteiger partial charge in [-0.1, -0.05) is 0 Å². The zero-order valence-corrected chi connectivity index (χ0v) is 11.4. The first-order chi connectivity index (χ1) is 9.11. The SMILES string of the molecule is CC(CN(C)C)Nc1ccc(C(F)(F)F)cc1[N+](=O)[O-]. The largest absolute Gasteiger partial charge is 0.416 e. The third kappa shape index (κ3) is 4.37. The highest BCUT2D eigenvalue weighted by molar-refractivity contribution is 5.63. The predicted octanol–water partition coefficient (Wildman–Crippen LogP) is 2.98. The van der Waals surface area contributed by atoms with Crippen molar-refractivity contribution in [2.45, 2.75) is 19.1 Å². The summed E-state index contributed by atoms with van der Waals surface area (Å²) in [4.78, 5) is 11.9. The zero-order chi connectivity index (χ0) is 15.5. The van der Waals surface area contributed by atoms with Gasteiger partial charge >= 0.3 is 6.18 Å². The first-order valence-corrected chi connectivity index (χ1v) is 5.88. The number of rotatable bonds is 5. The van der Waals surface area contributed by atoms with E-state index >= 15 is 0 Å². The summed E-state index contributed by atoms with van der Waals surface area (Å²) in [6.45, 7) is 2.39. The van der Waals surface area contributed by atoms with Crippen LogP contribution in [-0.4, -0.2) is 36.5 Å². The Balaban J connectivity index is 3.05. The molecule has 0 aliphatic carbocycles. The van der Waals surface area contributed by atoms with Crippen LogP contribution in [0.3, 0.4) is 0 Å². The summed E-state index contributed by atoms with van der Waals surface area (Å²) < 4.78 is 37.6. The fourth-order valence-electron chi connectivity index (χ4n) is 1.84. The zero-order valence-electron chi connectivity index (χ0n) is 11.4. The van der Waals surface area contributed by atoms with Gasteiger partial charge in [0.2, 0.25) is 0 Å². The van der Waals surface area contributed by atoms with Crippen molar-refractivity contribution in [3.05, 3.63) is 33.9 Å². The van der Waals surface area contributed by atoms with Gasteiger partial charge in [0.25, 0.3) is 5.69 Å². The fraction of sp³-hybridized carbons (Fsp3) is 0.500. The number of anilines is 1. The van der Waals surface area contributed by atoms with Crippen molar-refractivity contribution >= 4 is 11.4 Å². The molecule has 0 amide bonds. The standard InChI is InChI=1S/C12H16F3N3O2/c1-8(7-17(2)3)16-10-5-4-9(12(13,14)15)6-11(10)18(19)20/h4-6,8,16H,7H2,1-3H3. The summed E-state index contributed by atoms with van der Waals surface area (Å²) in [5.74, 6) is 0. The second-order valence-corrected chi connectivity index (χ2v) is 4.79. The van der Waals surface area contributed by atoms with Gasteiger partial charge < -0.3 is 10.2 Å². The number of nitro benzene ring substituents is 1. The molecule has 0 aliphatic rings. The van der Waals surface area contributed by atoms with E-state index < -0.39 is 22.4 Å². The van der Waals surface area contributed by atoms with E-state index in [4.69, 9.17) is 0 Å². The smallest absolute Gasteiger partial charge is 0.376 e. The second-order valence-electron chi connectivity index (χ2n) is 4.79. The second kappa shape index (κ2) is 6.08. The van der Waals surface area contributed by atoms with E-state index in [1.807, 2.05) is 19.0 Å². The quantitative estimate of drug-likeness (QED) is 0.669. The van der Waals surface area contributed by atoms with E-state index in [0.717, 1.165) is 12.1 Å². The van der Waals surface area contributed by atoms with Crippen molar-refractivity contribution < 1.29 is 18.1 Å². The van der Waals surface area contributed by atoms with Gasteiger partial charge in [-0.05, 0) is 33.2 Å². The Morgan fingerprint density at radius 2 is 2.00 bits per heavy atom. The molecule has 0 aliphatic heterocycles. The van der Waals surface area contributed by atoms with Gasteiger partial charge in [0.15, 0.2) is 0 Å². The van der Waals surface area contributed by atoms with E-state index in [0.29, 0.717) is 12.6 Å². The minimum Gasteiger partial charge on any atom is -0.376 e. The van der Waals surface area contributed by atoms with Crippen LogP contribution in [0.5, 0.6) is 0 Å². The number of nitro groups is 1. The molecule has 1 unspecified atom stereocenters. The van der Waals surface area contributed by atoms with E-state index in [1.54, 1.807) is 6.92 Å². The molecule has 1 rings (SSSR count). The van der Waals surface area contributed by atoms with Crippen LogP contribution in [-0.2, 0) is 6.18 Å². The van der Waals surface area contributed by atoms with Crippen molar-refractivity contribution in [2.75, 3.05) is 26.0 Å². The molecular formula is C12H16F3N3O2. The number of hydrogen-bond acceptors (Lipinski definition) is 4. The van der Waals surface area contributed by atoms with Crippen LogP contribution in [0.4, 0.5) is 24.5 Å². The Morgan fingerprint density at radius 1 is 1.40 bits per heavy atom. The summed E-state index contributed by atoms with van der Waals surface area (Å²) >= 11 is 0. The molecule has 1 atom stereocenters. The number of nitrogens with zero attached hydrogens (tertiary/aromatic N) is 2. The molecular weight excluding hydrogens is 275 g/mol. The van der Waals surface area contributed by atoms with Crippen LogP contribution in [0.2, 0.25) is 0 Å². The van der Waals surface area contributed by atoms with Crippen molar-refractivity contribution in [1.82, 2.24) is 4.90 Å². The topological polar surface area (TPSA) is 58.4 Å². The molecule has 0 bridgehead atoms. The van der Waals surface area contributed by atoms with E-state index in [1.165, 1.54) is 0 Å². The van der Waals surface area contributed by atoms with Crippen LogP contribution in [0.15, 0.2) is 18.2 Å². The molecule has 0 saturated carbocycles. The normalized spacial score (nSPS) is 13.3. The van der Waals surface area contributed by atoms with E-state index in [2.05, 4.69) is 5.32 Å². The minimum atomic E-state index is -4.60. The lowest BCUT2D eigenvalue weighted by molar-refractivity contribution is -0.384. The molecule has 0 heterocycles. The highest BCUT2D eigenvalue weighted by atomic mass is 19.4. The molecule has 0 radical (unpaired) electrons. The van der Waals surface area contributed by atoms with Gasteiger partial charge in [-0.25, -0.2) is 0 Å². The Labute approximate surface area is 114 Å². The first-order valence-electron chi connectivity index (χ1n) is 5.88. The van der Waals surface area contributed by atoms with Crippen LogP contribution in [0.25, 0.3) is 0 Å². The number of halogens is 3. The maximum Gasteiger partial charge on any atom is 0.416 e. The fourth-order valence-corrected chi connectivity index (χ4v) is 1.84. The highest BCUT2D eigenvalue weighted by Crippen LogP contribution is 2.35. The molecule has 0 spiro atoms. The van der Waals surface area contributed by atoms with Crippen molar-refractivity contribution in [3.63, 3.8) is 0 Å². The molecule has 112 valence electrons. The van der Waals surface area contributed by atoms with Crippen LogP contribution >= 0.6 is 0 Å². The Kier molecular flexibility index (Phi) is 4.93. The molecule has 1 N–H and O–H groups in total. The third-order valence-corrected chi connectivity index (χ3v) is 2.56. The summed E-state index contributed by atoms with van der Waals surface area (Å²) in [6.07, 6.45) is -4.60. The molecule has 0 aromatic heterocycles.